The van der Waals surface area contributed by atoms with Crippen LogP contribution in [0.15, 0.2) is 11.4 Å². The van der Waals surface area contributed by atoms with Gasteiger partial charge in [-0.15, -0.1) is 23.7 Å². The summed E-state index contributed by atoms with van der Waals surface area (Å²) < 4.78 is 1.13. The standard InChI is InChI=1S/C8H9N3OS2.ClH/c9-3-1-6(12)11-8-10-5-2-4-13-7(5)14-8;/h2,4H,1,3,9H2,(H,10,11,12);1H. The van der Waals surface area contributed by atoms with Crippen LogP contribution in [0.2, 0.25) is 0 Å². The Morgan fingerprint density at radius 1 is 1.60 bits per heavy atom. The van der Waals surface area contributed by atoms with Crippen LogP contribution in [0.5, 0.6) is 0 Å². The van der Waals surface area contributed by atoms with Crippen LogP contribution in [0.4, 0.5) is 5.13 Å². The molecular formula is C8H10ClN3OS2. The number of hydrogen-bond donors (Lipinski definition) is 2. The van der Waals surface area contributed by atoms with Gasteiger partial charge in [0, 0.05) is 13.0 Å². The number of fused-ring (bicyclic) bond motifs is 1. The van der Waals surface area contributed by atoms with E-state index in [1.165, 1.54) is 11.3 Å². The third kappa shape index (κ3) is 2.88. The minimum Gasteiger partial charge on any atom is -0.330 e. The van der Waals surface area contributed by atoms with Crippen LogP contribution in [0.3, 0.4) is 0 Å². The molecule has 2 aromatic heterocycles. The Bertz CT molecular complexity index is 425. The first-order chi connectivity index (χ1) is 6.79. The topological polar surface area (TPSA) is 68.0 Å². The fourth-order valence-electron chi connectivity index (χ4n) is 1.03. The van der Waals surface area contributed by atoms with Gasteiger partial charge in [-0.1, -0.05) is 11.3 Å². The maximum Gasteiger partial charge on any atom is 0.227 e. The highest BCUT2D eigenvalue weighted by Gasteiger charge is 2.07. The molecule has 15 heavy (non-hydrogen) atoms. The fourth-order valence-corrected chi connectivity index (χ4v) is 2.89. The van der Waals surface area contributed by atoms with Gasteiger partial charge < -0.3 is 11.1 Å². The van der Waals surface area contributed by atoms with Crippen LogP contribution in [0.25, 0.3) is 9.53 Å². The van der Waals surface area contributed by atoms with E-state index in [4.69, 9.17) is 5.73 Å². The van der Waals surface area contributed by atoms with E-state index in [9.17, 15) is 4.79 Å². The van der Waals surface area contributed by atoms with Crippen LogP contribution < -0.4 is 11.1 Å². The number of nitrogens with two attached hydrogens (primary N) is 1. The lowest BCUT2D eigenvalue weighted by Crippen LogP contribution is -2.15. The number of hydrogen-bond acceptors (Lipinski definition) is 5. The highest BCUT2D eigenvalue weighted by atomic mass is 35.5. The first-order valence-electron chi connectivity index (χ1n) is 4.13. The van der Waals surface area contributed by atoms with E-state index < -0.39 is 0 Å². The fraction of sp³-hybridized carbons (Fsp3) is 0.250. The summed E-state index contributed by atoms with van der Waals surface area (Å²) in [6.45, 7) is 0.367. The molecule has 0 saturated carbocycles. The largest absolute Gasteiger partial charge is 0.330 e. The van der Waals surface area contributed by atoms with Crippen LogP contribution in [0.1, 0.15) is 6.42 Å². The quantitative estimate of drug-likeness (QED) is 0.891. The van der Waals surface area contributed by atoms with E-state index in [-0.39, 0.29) is 18.3 Å². The number of halogens is 1. The number of thiazole rings is 1. The molecule has 0 fully saturated rings. The van der Waals surface area contributed by atoms with Crippen molar-refractivity contribution in [3.05, 3.63) is 11.4 Å². The van der Waals surface area contributed by atoms with Gasteiger partial charge in [0.2, 0.25) is 5.91 Å². The van der Waals surface area contributed by atoms with E-state index in [0.717, 1.165) is 9.53 Å². The molecule has 0 aliphatic rings. The van der Waals surface area contributed by atoms with E-state index in [2.05, 4.69) is 10.3 Å². The summed E-state index contributed by atoms with van der Waals surface area (Å²) in [6, 6.07) is 1.94. The Labute approximate surface area is 101 Å². The van der Waals surface area contributed by atoms with Crippen molar-refractivity contribution in [2.45, 2.75) is 6.42 Å². The number of anilines is 1. The molecule has 7 heteroatoms. The molecule has 0 spiro atoms. The van der Waals surface area contributed by atoms with Gasteiger partial charge in [0.1, 0.15) is 4.01 Å². The van der Waals surface area contributed by atoms with E-state index in [0.29, 0.717) is 18.1 Å². The molecule has 0 unspecified atom stereocenters. The SMILES string of the molecule is Cl.NCCC(=O)Nc1nc2ccsc2s1. The van der Waals surface area contributed by atoms with Crippen molar-refractivity contribution in [3.63, 3.8) is 0 Å². The van der Waals surface area contributed by atoms with E-state index in [1.54, 1.807) is 11.3 Å². The summed E-state index contributed by atoms with van der Waals surface area (Å²) in [4.78, 5) is 15.4. The lowest BCUT2D eigenvalue weighted by atomic mass is 10.4. The maximum atomic E-state index is 11.2. The molecule has 82 valence electrons. The average Bonchev–Trinajstić information content (AvgIpc) is 2.63. The Kier molecular flexibility index (Phi) is 4.46. The maximum absolute atomic E-state index is 11.2. The molecule has 2 rings (SSSR count). The highest BCUT2D eigenvalue weighted by Crippen LogP contribution is 2.30. The Morgan fingerprint density at radius 3 is 3.07 bits per heavy atom. The lowest BCUT2D eigenvalue weighted by molar-refractivity contribution is -0.116. The van der Waals surface area contributed by atoms with Crippen molar-refractivity contribution >= 4 is 55.6 Å². The van der Waals surface area contributed by atoms with Gasteiger partial charge in [0.25, 0.3) is 0 Å². The van der Waals surface area contributed by atoms with Crippen molar-refractivity contribution in [1.82, 2.24) is 4.98 Å². The Hall–Kier alpha value is -0.690. The summed E-state index contributed by atoms with van der Waals surface area (Å²) in [5, 5.41) is 5.36. The number of thiophene rings is 1. The lowest BCUT2D eigenvalue weighted by Gasteiger charge is -1.97. The van der Waals surface area contributed by atoms with Crippen molar-refractivity contribution in [2.75, 3.05) is 11.9 Å². The summed E-state index contributed by atoms with van der Waals surface area (Å²) in [5.41, 5.74) is 6.21. The zero-order valence-corrected chi connectivity index (χ0v) is 10.2. The molecule has 0 radical (unpaired) electrons. The summed E-state index contributed by atoms with van der Waals surface area (Å²) in [6.07, 6.45) is 0.341. The predicted molar refractivity (Wildman–Crippen MR) is 67.0 cm³/mol. The average molecular weight is 264 g/mol. The molecule has 0 aliphatic carbocycles. The third-order valence-electron chi connectivity index (χ3n) is 1.64. The van der Waals surface area contributed by atoms with Gasteiger partial charge in [-0.2, -0.15) is 0 Å². The highest BCUT2D eigenvalue weighted by molar-refractivity contribution is 7.39. The van der Waals surface area contributed by atoms with Crippen LogP contribution in [0, 0.1) is 0 Å². The second kappa shape index (κ2) is 5.41. The molecule has 3 N–H and O–H groups in total. The van der Waals surface area contributed by atoms with E-state index in [1.807, 2.05) is 11.4 Å². The molecule has 4 nitrogen and oxygen atoms in total. The van der Waals surface area contributed by atoms with Crippen molar-refractivity contribution in [2.24, 2.45) is 5.73 Å². The number of carbonyl (C=O) groups excluding carboxylic acids is 1. The van der Waals surface area contributed by atoms with Crippen molar-refractivity contribution in [3.8, 4) is 0 Å². The molecule has 0 aromatic carbocycles. The second-order valence-electron chi connectivity index (χ2n) is 2.70. The molecular weight excluding hydrogens is 254 g/mol. The Balaban J connectivity index is 0.00000112. The summed E-state index contributed by atoms with van der Waals surface area (Å²) in [7, 11) is 0. The minimum absolute atomic E-state index is 0. The van der Waals surface area contributed by atoms with Crippen molar-refractivity contribution in [1.29, 1.82) is 0 Å². The number of nitrogens with one attached hydrogen (secondary N) is 1. The van der Waals surface area contributed by atoms with Gasteiger partial charge in [-0.3, -0.25) is 4.79 Å². The number of carbonyl (C=O) groups is 1. The van der Waals surface area contributed by atoms with Crippen LogP contribution in [-0.2, 0) is 4.79 Å². The van der Waals surface area contributed by atoms with Crippen LogP contribution in [-0.4, -0.2) is 17.4 Å². The van der Waals surface area contributed by atoms with Gasteiger partial charge in [-0.25, -0.2) is 4.98 Å². The minimum atomic E-state index is -0.0751. The third-order valence-corrected chi connectivity index (χ3v) is 3.65. The number of nitrogens with zero attached hydrogens (tertiary/aromatic N) is 1. The molecule has 0 bridgehead atoms. The first kappa shape index (κ1) is 12.4. The van der Waals surface area contributed by atoms with E-state index >= 15 is 0 Å². The van der Waals surface area contributed by atoms with Gasteiger partial charge >= 0.3 is 0 Å². The molecule has 2 heterocycles. The summed E-state index contributed by atoms with van der Waals surface area (Å²) >= 11 is 3.12. The monoisotopic (exact) mass is 263 g/mol. The smallest absolute Gasteiger partial charge is 0.227 e. The van der Waals surface area contributed by atoms with Crippen LogP contribution >= 0.6 is 35.1 Å². The number of aromatic nitrogens is 1. The zero-order valence-electron chi connectivity index (χ0n) is 7.73. The number of amides is 1. The first-order valence-corrected chi connectivity index (χ1v) is 5.83. The van der Waals surface area contributed by atoms with Gasteiger partial charge in [0.15, 0.2) is 5.13 Å². The molecule has 1 amide bonds. The second-order valence-corrected chi connectivity index (χ2v) is 4.87. The molecule has 0 aliphatic heterocycles. The Morgan fingerprint density at radius 2 is 2.40 bits per heavy atom. The summed E-state index contributed by atoms with van der Waals surface area (Å²) in [5.74, 6) is -0.0751. The normalized spacial score (nSPS) is 9.93. The van der Waals surface area contributed by atoms with Gasteiger partial charge in [0.05, 0.1) is 5.52 Å². The molecule has 2 aromatic rings. The van der Waals surface area contributed by atoms with Crippen molar-refractivity contribution < 1.29 is 4.79 Å². The zero-order chi connectivity index (χ0) is 9.97. The molecule has 0 atom stereocenters. The van der Waals surface area contributed by atoms with Gasteiger partial charge in [-0.05, 0) is 11.4 Å². The number of rotatable bonds is 3. The predicted octanol–water partition coefficient (Wildman–Crippen LogP) is 2.07. The molecule has 0 saturated heterocycles.